The van der Waals surface area contributed by atoms with Gasteiger partial charge in [0.2, 0.25) is 11.7 Å². The maximum Gasteiger partial charge on any atom is 0.254 e. The van der Waals surface area contributed by atoms with Crippen molar-refractivity contribution in [3.63, 3.8) is 0 Å². The van der Waals surface area contributed by atoms with Crippen LogP contribution in [0.5, 0.6) is 5.75 Å². The molecule has 11 nitrogen and oxygen atoms in total. The van der Waals surface area contributed by atoms with Gasteiger partial charge in [0, 0.05) is 25.2 Å². The fraction of sp³-hybridized carbons (Fsp3) is 0.333. The van der Waals surface area contributed by atoms with Gasteiger partial charge >= 0.3 is 0 Å². The van der Waals surface area contributed by atoms with Gasteiger partial charge in [-0.2, -0.15) is 4.80 Å². The van der Waals surface area contributed by atoms with Crippen molar-refractivity contribution in [3.05, 3.63) is 41.4 Å². The molecule has 33 heavy (non-hydrogen) atoms. The third-order valence-corrected chi connectivity index (χ3v) is 5.39. The highest BCUT2D eigenvalue weighted by Gasteiger charge is 2.30. The Kier molecular flexibility index (Phi) is 6.40. The highest BCUT2D eigenvalue weighted by molar-refractivity contribution is 6.15. The molecule has 1 saturated carbocycles. The number of rotatable bonds is 7. The number of halogens is 1. The Morgan fingerprint density at radius 1 is 1.33 bits per heavy atom. The molecule has 2 aromatic heterocycles. The van der Waals surface area contributed by atoms with Crippen molar-refractivity contribution in [2.75, 3.05) is 19.5 Å². The summed E-state index contributed by atoms with van der Waals surface area (Å²) in [6, 6.07) is 6.99. The molecule has 2 N–H and O–H groups in total. The van der Waals surface area contributed by atoms with Gasteiger partial charge in [0.25, 0.3) is 5.91 Å². The van der Waals surface area contributed by atoms with Crippen LogP contribution in [0.15, 0.2) is 35.5 Å². The van der Waals surface area contributed by atoms with E-state index in [1.807, 2.05) is 0 Å². The highest BCUT2D eigenvalue weighted by atomic mass is 35.5. The van der Waals surface area contributed by atoms with Crippen LogP contribution in [0.3, 0.4) is 0 Å². The number of aryl methyl sites for hydroxylation is 1. The Balaban J connectivity index is 1.88. The lowest BCUT2D eigenvalue weighted by Crippen LogP contribution is -2.28. The Bertz CT molecular complexity index is 1280. The molecule has 1 fully saturated rings. The number of ether oxygens (including phenoxy) is 1. The second-order valence-corrected chi connectivity index (χ2v) is 7.70. The van der Waals surface area contributed by atoms with E-state index in [0.29, 0.717) is 34.0 Å². The molecule has 172 valence electrons. The summed E-state index contributed by atoms with van der Waals surface area (Å²) in [5, 5.41) is 18.0. The summed E-state index contributed by atoms with van der Waals surface area (Å²) >= 11 is 6.09. The molecular formula is C21H23ClN8O3. The van der Waals surface area contributed by atoms with E-state index >= 15 is 0 Å². The SMILES string of the molecule is CNC(=O)c1cn(CCl)c(NC(=O)C2CC2)cc1=Nc1cccc(-c2nnn(C)n2)c1OC. The van der Waals surface area contributed by atoms with Gasteiger partial charge in [-0.15, -0.1) is 21.8 Å². The van der Waals surface area contributed by atoms with Crippen LogP contribution in [-0.4, -0.2) is 50.7 Å². The van der Waals surface area contributed by atoms with E-state index in [2.05, 4.69) is 26.0 Å². The molecule has 2 amide bonds. The first-order valence-corrected chi connectivity index (χ1v) is 10.8. The fourth-order valence-electron chi connectivity index (χ4n) is 3.29. The monoisotopic (exact) mass is 470 g/mol. The molecule has 1 aliphatic carbocycles. The number of para-hydroxylation sites is 1. The number of nitrogens with zero attached hydrogens (tertiary/aromatic N) is 6. The number of methoxy groups -OCH3 is 1. The minimum atomic E-state index is -0.349. The number of anilines is 1. The second kappa shape index (κ2) is 9.41. The fourth-order valence-corrected chi connectivity index (χ4v) is 3.49. The van der Waals surface area contributed by atoms with Crippen LogP contribution in [0.4, 0.5) is 11.5 Å². The average molecular weight is 471 g/mol. The van der Waals surface area contributed by atoms with Crippen molar-refractivity contribution in [3.8, 4) is 17.1 Å². The minimum Gasteiger partial charge on any atom is -0.494 e. The summed E-state index contributed by atoms with van der Waals surface area (Å²) in [7, 11) is 4.71. The second-order valence-electron chi connectivity index (χ2n) is 7.46. The Morgan fingerprint density at radius 3 is 2.73 bits per heavy atom. The molecule has 3 aromatic rings. The van der Waals surface area contributed by atoms with Crippen molar-refractivity contribution >= 4 is 34.9 Å². The molecule has 1 aromatic carbocycles. The number of hydrogen-bond donors (Lipinski definition) is 2. The summed E-state index contributed by atoms with van der Waals surface area (Å²) in [5.41, 5.74) is 1.34. The topological polar surface area (TPSA) is 128 Å². The van der Waals surface area contributed by atoms with Crippen molar-refractivity contribution in [2.45, 2.75) is 18.8 Å². The molecule has 1 aliphatic rings. The predicted molar refractivity (Wildman–Crippen MR) is 121 cm³/mol. The molecule has 0 spiro atoms. The van der Waals surface area contributed by atoms with Crippen LogP contribution >= 0.6 is 11.6 Å². The van der Waals surface area contributed by atoms with E-state index in [-0.39, 0.29) is 29.3 Å². The maximum atomic E-state index is 12.6. The smallest absolute Gasteiger partial charge is 0.254 e. The predicted octanol–water partition coefficient (Wildman–Crippen LogP) is 1.82. The van der Waals surface area contributed by atoms with E-state index in [0.717, 1.165) is 12.8 Å². The average Bonchev–Trinajstić information content (AvgIpc) is 3.59. The number of tetrazole rings is 1. The number of benzene rings is 1. The van der Waals surface area contributed by atoms with Gasteiger partial charge in [0.05, 0.1) is 36.6 Å². The molecule has 0 bridgehead atoms. The van der Waals surface area contributed by atoms with Crippen LogP contribution in [0.2, 0.25) is 0 Å². The zero-order valence-electron chi connectivity index (χ0n) is 18.4. The molecule has 0 aliphatic heterocycles. The third kappa shape index (κ3) is 4.72. The van der Waals surface area contributed by atoms with Crippen LogP contribution in [0, 0.1) is 5.92 Å². The Hall–Kier alpha value is -3.73. The lowest BCUT2D eigenvalue weighted by atomic mass is 10.1. The lowest BCUT2D eigenvalue weighted by Gasteiger charge is -2.15. The summed E-state index contributed by atoms with van der Waals surface area (Å²) in [4.78, 5) is 31.0. The number of carbonyl (C=O) groups is 2. The lowest BCUT2D eigenvalue weighted by molar-refractivity contribution is -0.117. The summed E-state index contributed by atoms with van der Waals surface area (Å²) < 4.78 is 7.20. The number of alkyl halides is 1. The van der Waals surface area contributed by atoms with E-state index in [4.69, 9.17) is 21.3 Å². The van der Waals surface area contributed by atoms with Gasteiger partial charge in [-0.05, 0) is 30.2 Å². The van der Waals surface area contributed by atoms with Crippen LogP contribution in [0.1, 0.15) is 23.2 Å². The zero-order chi connectivity index (χ0) is 23.5. The van der Waals surface area contributed by atoms with Crippen LogP contribution in [0.25, 0.3) is 11.4 Å². The number of amides is 2. The first-order valence-electron chi connectivity index (χ1n) is 10.2. The van der Waals surface area contributed by atoms with Gasteiger partial charge < -0.3 is 19.9 Å². The molecule has 4 rings (SSSR count). The number of hydrogen-bond acceptors (Lipinski definition) is 7. The molecule has 12 heteroatoms. The molecule has 0 saturated heterocycles. The third-order valence-electron chi connectivity index (χ3n) is 5.13. The molecule has 0 unspecified atom stereocenters. The highest BCUT2D eigenvalue weighted by Crippen LogP contribution is 2.36. The summed E-state index contributed by atoms with van der Waals surface area (Å²) in [5.74, 6) is 0.816. The molecule has 0 atom stereocenters. The largest absolute Gasteiger partial charge is 0.494 e. The van der Waals surface area contributed by atoms with Gasteiger partial charge in [0.1, 0.15) is 11.5 Å². The number of aromatic nitrogens is 5. The molecular weight excluding hydrogens is 448 g/mol. The van der Waals surface area contributed by atoms with E-state index in [1.54, 1.807) is 42.1 Å². The van der Waals surface area contributed by atoms with Crippen molar-refractivity contribution in [2.24, 2.45) is 18.0 Å². The van der Waals surface area contributed by atoms with Crippen molar-refractivity contribution < 1.29 is 14.3 Å². The maximum absolute atomic E-state index is 12.6. The van der Waals surface area contributed by atoms with Gasteiger partial charge in [0.15, 0.2) is 5.75 Å². The Morgan fingerprint density at radius 2 is 2.12 bits per heavy atom. The van der Waals surface area contributed by atoms with Gasteiger partial charge in [-0.3, -0.25) is 9.59 Å². The van der Waals surface area contributed by atoms with Crippen molar-refractivity contribution in [1.82, 2.24) is 30.1 Å². The van der Waals surface area contributed by atoms with E-state index < -0.39 is 0 Å². The standard InChI is InChI=1S/C21H23ClN8O3/c1-23-21(32)14-10-30(11-22)17(25-20(31)12-7-8-12)9-16(14)24-15-6-4-5-13(18(15)33-3)19-26-28-29(2)27-19/h4-6,9-10,12H,7-8,11H2,1-3H3,(H,23,32)(H,25,31). The summed E-state index contributed by atoms with van der Waals surface area (Å²) in [6.45, 7) is 0. The zero-order valence-corrected chi connectivity index (χ0v) is 19.1. The normalized spacial score (nSPS) is 13.6. The van der Waals surface area contributed by atoms with Crippen LogP contribution in [-0.2, 0) is 17.8 Å². The first kappa shape index (κ1) is 22.5. The van der Waals surface area contributed by atoms with E-state index in [9.17, 15) is 9.59 Å². The van der Waals surface area contributed by atoms with Crippen molar-refractivity contribution in [1.29, 1.82) is 0 Å². The van der Waals surface area contributed by atoms with Crippen LogP contribution < -0.4 is 20.7 Å². The van der Waals surface area contributed by atoms with E-state index in [1.165, 1.54) is 19.0 Å². The number of pyridine rings is 1. The number of nitrogens with one attached hydrogen (secondary N) is 2. The number of carbonyl (C=O) groups excluding carboxylic acids is 2. The Labute approximate surface area is 194 Å². The summed E-state index contributed by atoms with van der Waals surface area (Å²) in [6.07, 6.45) is 3.29. The molecule has 2 heterocycles. The van der Waals surface area contributed by atoms with Gasteiger partial charge in [-0.1, -0.05) is 6.07 Å². The quantitative estimate of drug-likeness (QED) is 0.507. The molecule has 0 radical (unpaired) electrons. The van der Waals surface area contributed by atoms with Gasteiger partial charge in [-0.25, -0.2) is 4.99 Å². The minimum absolute atomic E-state index is 0.00374. The first-order chi connectivity index (χ1) is 15.9.